The zero-order valence-corrected chi connectivity index (χ0v) is 20.0. The van der Waals surface area contributed by atoms with Crippen LogP contribution in [-0.2, 0) is 4.79 Å². The van der Waals surface area contributed by atoms with E-state index < -0.39 is 17.7 Å². The lowest BCUT2D eigenvalue weighted by Gasteiger charge is -2.30. The second-order valence-corrected chi connectivity index (χ2v) is 9.38. The summed E-state index contributed by atoms with van der Waals surface area (Å²) in [6, 6.07) is 3.00. The first-order valence-electron chi connectivity index (χ1n) is 11.5. The number of nitrogens with two attached hydrogens (primary N) is 1. The van der Waals surface area contributed by atoms with E-state index in [0.717, 1.165) is 12.1 Å². The van der Waals surface area contributed by atoms with Crippen LogP contribution >= 0.6 is 11.6 Å². The number of hydrogen-bond donors (Lipinski definition) is 1. The Morgan fingerprint density at radius 2 is 1.72 bits per heavy atom. The fraction of sp³-hybridized carbons (Fsp3) is 0.375. The number of rotatable bonds is 6. The topological polar surface area (TPSA) is 110 Å². The third kappa shape index (κ3) is 5.21. The quantitative estimate of drug-likeness (QED) is 0.529. The minimum atomic E-state index is -0.503. The van der Waals surface area contributed by atoms with E-state index in [1.54, 1.807) is 0 Å². The van der Waals surface area contributed by atoms with E-state index in [1.165, 1.54) is 30.9 Å². The number of hydrogen-bond acceptors (Lipinski definition) is 9. The monoisotopic (exact) mass is 515 g/mol. The number of carbonyl (C=O) groups excluding carboxylic acids is 1. The third-order valence-electron chi connectivity index (χ3n) is 6.51. The van der Waals surface area contributed by atoms with Crippen LogP contribution in [0.4, 0.5) is 20.7 Å². The van der Waals surface area contributed by atoms with Crippen molar-refractivity contribution < 1.29 is 18.3 Å². The molecule has 3 unspecified atom stereocenters. The number of benzene rings is 1. The molecule has 0 spiro atoms. The van der Waals surface area contributed by atoms with Gasteiger partial charge in [-0.2, -0.15) is 0 Å². The van der Waals surface area contributed by atoms with E-state index in [-0.39, 0.29) is 36.3 Å². The number of halogens is 3. The van der Waals surface area contributed by atoms with Gasteiger partial charge in [-0.1, -0.05) is 11.6 Å². The van der Waals surface area contributed by atoms with Crippen LogP contribution in [0.15, 0.2) is 43.0 Å². The molecule has 2 aliphatic heterocycles. The Labute approximate surface area is 211 Å². The molecule has 188 valence electrons. The van der Waals surface area contributed by atoms with Crippen molar-refractivity contribution >= 4 is 29.3 Å². The summed E-state index contributed by atoms with van der Waals surface area (Å²) in [6.07, 6.45) is 6.68. The maximum atomic E-state index is 14.2. The van der Waals surface area contributed by atoms with Crippen molar-refractivity contribution in [3.05, 3.63) is 65.2 Å². The first kappa shape index (κ1) is 24.3. The molecule has 0 amide bonds. The molecule has 3 atom stereocenters. The lowest BCUT2D eigenvalue weighted by atomic mass is 9.94. The van der Waals surface area contributed by atoms with Crippen molar-refractivity contribution in [1.82, 2.24) is 19.9 Å². The van der Waals surface area contributed by atoms with Crippen molar-refractivity contribution in [1.29, 1.82) is 0 Å². The highest BCUT2D eigenvalue weighted by molar-refractivity contribution is 6.30. The van der Waals surface area contributed by atoms with Gasteiger partial charge in [0, 0.05) is 31.6 Å². The second-order valence-electron chi connectivity index (χ2n) is 8.95. The van der Waals surface area contributed by atoms with Crippen LogP contribution < -0.4 is 20.3 Å². The van der Waals surface area contributed by atoms with Gasteiger partial charge in [-0.15, -0.1) is 0 Å². The van der Waals surface area contributed by atoms with Crippen LogP contribution in [0.3, 0.4) is 0 Å². The Bertz CT molecular complexity index is 1230. The van der Waals surface area contributed by atoms with Gasteiger partial charge in [-0.25, -0.2) is 28.7 Å². The summed E-state index contributed by atoms with van der Waals surface area (Å²) < 4.78 is 33.7. The van der Waals surface area contributed by atoms with Crippen LogP contribution in [0.1, 0.15) is 17.9 Å². The van der Waals surface area contributed by atoms with Gasteiger partial charge in [-0.3, -0.25) is 4.79 Å². The van der Waals surface area contributed by atoms with Crippen molar-refractivity contribution in [2.45, 2.75) is 18.4 Å². The Kier molecular flexibility index (Phi) is 6.92. The highest BCUT2D eigenvalue weighted by atomic mass is 35.5. The molecule has 1 aromatic carbocycles. The van der Waals surface area contributed by atoms with Gasteiger partial charge in [0.2, 0.25) is 11.9 Å². The summed E-state index contributed by atoms with van der Waals surface area (Å²) in [5.74, 6) is -0.251. The number of aromatic nitrogens is 4. The molecule has 2 aromatic heterocycles. The average molecular weight is 516 g/mol. The molecule has 3 aromatic rings. The number of Topliss-reactive ketones (excluding diaryl/α,β-unsaturated/α-hetero) is 1. The number of carbonyl (C=O) groups is 1. The summed E-state index contributed by atoms with van der Waals surface area (Å²) in [5, 5.41) is 0.439. The predicted molar refractivity (Wildman–Crippen MR) is 129 cm³/mol. The first-order chi connectivity index (χ1) is 17.4. The molecular weight excluding hydrogens is 492 g/mol. The van der Waals surface area contributed by atoms with Crippen LogP contribution in [0.25, 0.3) is 0 Å². The lowest BCUT2D eigenvalue weighted by molar-refractivity contribution is -0.123. The molecule has 2 saturated heterocycles. The molecule has 9 nitrogen and oxygen atoms in total. The smallest absolute Gasteiger partial charge is 0.225 e. The summed E-state index contributed by atoms with van der Waals surface area (Å²) in [4.78, 5) is 33.3. The van der Waals surface area contributed by atoms with E-state index >= 15 is 0 Å². The van der Waals surface area contributed by atoms with Crippen molar-refractivity contribution in [2.24, 2.45) is 11.7 Å². The fourth-order valence-corrected chi connectivity index (χ4v) is 4.65. The van der Waals surface area contributed by atoms with Crippen LogP contribution in [0.5, 0.6) is 5.75 Å². The molecule has 0 radical (unpaired) electrons. The van der Waals surface area contributed by atoms with Gasteiger partial charge >= 0.3 is 0 Å². The Morgan fingerprint density at radius 3 is 2.44 bits per heavy atom. The molecule has 36 heavy (non-hydrogen) atoms. The van der Waals surface area contributed by atoms with E-state index in [4.69, 9.17) is 22.1 Å². The molecule has 2 N–H and O–H groups in total. The molecular formula is C24H24ClF2N7O2. The normalized spacial score (nSPS) is 22.2. The Hall–Kier alpha value is -3.44. The molecule has 4 heterocycles. The minimum absolute atomic E-state index is 0.0408. The zero-order valence-electron chi connectivity index (χ0n) is 19.2. The predicted octanol–water partition coefficient (Wildman–Crippen LogP) is 2.60. The van der Waals surface area contributed by atoms with E-state index in [2.05, 4.69) is 19.9 Å². The minimum Gasteiger partial charge on any atom is -0.490 e. The standard InChI is InChI=1S/C24H24ClF2N7O2/c25-15-6-29-23(30-7-15)33-4-3-14(22(35)12-33)13-36-17-8-31-24(32-9-17)34-10-19(21(28)11-34)18-5-16(26)1-2-20(18)27/h1-2,5-9,14,19,21H,3-4,10-13,28H2. The fourth-order valence-electron chi connectivity index (χ4n) is 4.55. The van der Waals surface area contributed by atoms with Gasteiger partial charge in [-0.05, 0) is 30.2 Å². The largest absolute Gasteiger partial charge is 0.490 e. The third-order valence-corrected chi connectivity index (χ3v) is 6.71. The first-order valence-corrected chi connectivity index (χ1v) is 11.9. The molecule has 2 fully saturated rings. The molecule has 5 rings (SSSR count). The number of ether oxygens (including phenoxy) is 1. The van der Waals surface area contributed by atoms with Gasteiger partial charge < -0.3 is 20.3 Å². The highest BCUT2D eigenvalue weighted by Gasteiger charge is 2.34. The molecule has 2 aliphatic rings. The second kappa shape index (κ2) is 10.3. The molecule has 0 saturated carbocycles. The van der Waals surface area contributed by atoms with Gasteiger partial charge in [0.25, 0.3) is 0 Å². The number of ketones is 1. The van der Waals surface area contributed by atoms with E-state index in [1.807, 2.05) is 9.80 Å². The number of anilines is 2. The van der Waals surface area contributed by atoms with E-state index in [9.17, 15) is 13.6 Å². The van der Waals surface area contributed by atoms with Crippen molar-refractivity contribution in [3.63, 3.8) is 0 Å². The summed E-state index contributed by atoms with van der Waals surface area (Å²) in [5.41, 5.74) is 6.48. The zero-order chi connectivity index (χ0) is 25.2. The van der Waals surface area contributed by atoms with Crippen molar-refractivity contribution in [2.75, 3.05) is 42.6 Å². The van der Waals surface area contributed by atoms with Crippen LogP contribution in [0, 0.1) is 17.6 Å². The Morgan fingerprint density at radius 1 is 1.03 bits per heavy atom. The average Bonchev–Trinajstić information content (AvgIpc) is 3.27. The van der Waals surface area contributed by atoms with Gasteiger partial charge in [0.15, 0.2) is 11.5 Å². The SMILES string of the molecule is NC1CN(c2ncc(OCC3CCN(c4ncc(Cl)cn4)CC3=O)cn2)CC1c1cc(F)ccc1F. The highest BCUT2D eigenvalue weighted by Crippen LogP contribution is 2.31. The molecule has 0 aliphatic carbocycles. The number of nitrogens with zero attached hydrogens (tertiary/aromatic N) is 6. The summed E-state index contributed by atoms with van der Waals surface area (Å²) in [6.45, 7) is 1.82. The maximum Gasteiger partial charge on any atom is 0.225 e. The summed E-state index contributed by atoms with van der Waals surface area (Å²) >= 11 is 5.83. The maximum absolute atomic E-state index is 14.2. The van der Waals surface area contributed by atoms with Crippen molar-refractivity contribution in [3.8, 4) is 5.75 Å². The van der Waals surface area contributed by atoms with E-state index in [0.29, 0.717) is 48.7 Å². The molecule has 12 heteroatoms. The van der Waals surface area contributed by atoms with Gasteiger partial charge in [0.05, 0.1) is 48.9 Å². The summed E-state index contributed by atoms with van der Waals surface area (Å²) in [7, 11) is 0. The number of piperidine rings is 1. The molecule has 0 bridgehead atoms. The Balaban J connectivity index is 1.15. The van der Waals surface area contributed by atoms with Crippen LogP contribution in [-0.4, -0.2) is 64.5 Å². The van der Waals surface area contributed by atoms with Gasteiger partial charge in [0.1, 0.15) is 11.6 Å². The lowest BCUT2D eigenvalue weighted by Crippen LogP contribution is -2.43. The van der Waals surface area contributed by atoms with Crippen LogP contribution in [0.2, 0.25) is 5.02 Å².